The van der Waals surface area contributed by atoms with Crippen LogP contribution in [0.4, 0.5) is 0 Å². The van der Waals surface area contributed by atoms with Crippen molar-refractivity contribution in [3.05, 3.63) is 200 Å². The molecule has 0 saturated carbocycles. The number of hydrogen-bond acceptors (Lipinski definition) is 1. The number of aromatic nitrogens is 3. The van der Waals surface area contributed by atoms with E-state index in [0.717, 1.165) is 44.4 Å². The molecule has 13 aromatic rings. The first-order valence-corrected chi connectivity index (χ1v) is 19.9. The van der Waals surface area contributed by atoms with Crippen LogP contribution in [0.25, 0.3) is 116 Å². The lowest BCUT2D eigenvalue weighted by atomic mass is 9.98. The SMILES string of the molecule is c1ccc(-n2c3ccccc3c3c(-n4c5ccccc5c5cc(-c6cccc7oc8cc(-n9c%10ccccc%10c%10ccccc%109)ccc8c67)ccc54)cccc32)cc1. The minimum absolute atomic E-state index is 0.877. The molecule has 0 unspecified atom stereocenters. The maximum Gasteiger partial charge on any atom is 0.137 e. The second-order valence-corrected chi connectivity index (χ2v) is 15.3. The van der Waals surface area contributed by atoms with E-state index < -0.39 is 0 Å². The van der Waals surface area contributed by atoms with Crippen LogP contribution in [-0.2, 0) is 0 Å². The van der Waals surface area contributed by atoms with Crippen molar-refractivity contribution in [1.29, 1.82) is 0 Å². The lowest BCUT2D eigenvalue weighted by Crippen LogP contribution is -1.96. The summed E-state index contributed by atoms with van der Waals surface area (Å²) in [5.41, 5.74) is 14.6. The summed E-state index contributed by atoms with van der Waals surface area (Å²) in [7, 11) is 0. The van der Waals surface area contributed by atoms with Crippen molar-refractivity contribution >= 4 is 87.4 Å². The van der Waals surface area contributed by atoms with Crippen molar-refractivity contribution in [3.63, 3.8) is 0 Å². The minimum Gasteiger partial charge on any atom is -0.456 e. The lowest BCUT2D eigenvalue weighted by Gasteiger charge is -2.12. The van der Waals surface area contributed by atoms with E-state index in [0.29, 0.717) is 0 Å². The first-order valence-electron chi connectivity index (χ1n) is 19.9. The fourth-order valence-corrected chi connectivity index (χ4v) is 9.84. The summed E-state index contributed by atoms with van der Waals surface area (Å²) in [4.78, 5) is 0. The van der Waals surface area contributed by atoms with E-state index in [-0.39, 0.29) is 0 Å². The predicted molar refractivity (Wildman–Crippen MR) is 242 cm³/mol. The van der Waals surface area contributed by atoms with Crippen molar-refractivity contribution in [2.75, 3.05) is 0 Å². The van der Waals surface area contributed by atoms with Gasteiger partial charge in [-0.05, 0) is 90.0 Å². The van der Waals surface area contributed by atoms with Crippen LogP contribution in [0.2, 0.25) is 0 Å². The van der Waals surface area contributed by atoms with Gasteiger partial charge in [0.2, 0.25) is 0 Å². The molecule has 58 heavy (non-hydrogen) atoms. The molecule has 4 heterocycles. The van der Waals surface area contributed by atoms with Gasteiger partial charge in [0.25, 0.3) is 0 Å². The summed E-state index contributed by atoms with van der Waals surface area (Å²) in [6.07, 6.45) is 0. The van der Waals surface area contributed by atoms with Gasteiger partial charge in [0.1, 0.15) is 11.2 Å². The minimum atomic E-state index is 0.877. The molecule has 0 fully saturated rings. The molecule has 0 N–H and O–H groups in total. The average molecular weight is 740 g/mol. The summed E-state index contributed by atoms with van der Waals surface area (Å²) < 4.78 is 13.9. The van der Waals surface area contributed by atoms with Crippen molar-refractivity contribution in [2.45, 2.75) is 0 Å². The summed E-state index contributed by atoms with van der Waals surface area (Å²) in [5.74, 6) is 0. The molecule has 0 amide bonds. The van der Waals surface area contributed by atoms with Crippen molar-refractivity contribution in [3.8, 4) is 28.2 Å². The molecule has 270 valence electrons. The molecule has 0 aliphatic carbocycles. The molecule has 0 aliphatic heterocycles. The zero-order valence-corrected chi connectivity index (χ0v) is 31.3. The number of nitrogens with zero attached hydrogens (tertiary/aromatic N) is 3. The topological polar surface area (TPSA) is 27.9 Å². The molecule has 4 nitrogen and oxygen atoms in total. The molecule has 0 bridgehead atoms. The highest BCUT2D eigenvalue weighted by molar-refractivity contribution is 6.18. The smallest absolute Gasteiger partial charge is 0.137 e. The fourth-order valence-electron chi connectivity index (χ4n) is 9.84. The standard InChI is InChI=1S/C54H33N3O/c1-2-14-35(15-3-1)55-47-24-11-7-19-41(47)54-49(55)25-13-26-50(54)57-46-23-10-6-18-40(46)43-32-34(28-31-48(43)57)37-20-12-27-51-53(37)42-30-29-36(33-52(42)58-51)56-44-21-8-4-16-38(44)39-17-5-9-22-45(39)56/h1-33H. The molecule has 4 heteroatoms. The van der Waals surface area contributed by atoms with Gasteiger partial charge in [-0.15, -0.1) is 0 Å². The Morgan fingerprint density at radius 3 is 1.60 bits per heavy atom. The van der Waals surface area contributed by atoms with Crippen LogP contribution in [0.3, 0.4) is 0 Å². The van der Waals surface area contributed by atoms with E-state index in [4.69, 9.17) is 4.42 Å². The van der Waals surface area contributed by atoms with Crippen LogP contribution in [0.15, 0.2) is 205 Å². The second-order valence-electron chi connectivity index (χ2n) is 15.3. The van der Waals surface area contributed by atoms with E-state index >= 15 is 0 Å². The van der Waals surface area contributed by atoms with Crippen LogP contribution in [-0.4, -0.2) is 13.7 Å². The highest BCUT2D eigenvalue weighted by Gasteiger charge is 2.21. The van der Waals surface area contributed by atoms with Crippen LogP contribution in [0.1, 0.15) is 0 Å². The Labute approximate surface area is 332 Å². The molecule has 0 spiro atoms. The fraction of sp³-hybridized carbons (Fsp3) is 0. The summed E-state index contributed by atoms with van der Waals surface area (Å²) in [6.45, 7) is 0. The average Bonchev–Trinajstić information content (AvgIpc) is 4.02. The molecular formula is C54H33N3O. The number of rotatable bonds is 4. The van der Waals surface area contributed by atoms with Crippen LogP contribution < -0.4 is 0 Å². The Morgan fingerprint density at radius 2 is 0.862 bits per heavy atom. The lowest BCUT2D eigenvalue weighted by molar-refractivity contribution is 0.668. The maximum absolute atomic E-state index is 6.69. The third-order valence-corrected chi connectivity index (χ3v) is 12.2. The molecule has 4 aromatic heterocycles. The van der Waals surface area contributed by atoms with Gasteiger partial charge in [0.15, 0.2) is 0 Å². The van der Waals surface area contributed by atoms with Gasteiger partial charge in [0.05, 0.1) is 38.8 Å². The van der Waals surface area contributed by atoms with Crippen LogP contribution in [0.5, 0.6) is 0 Å². The molecule has 0 radical (unpaired) electrons. The maximum atomic E-state index is 6.69. The van der Waals surface area contributed by atoms with E-state index in [9.17, 15) is 0 Å². The summed E-state index contributed by atoms with van der Waals surface area (Å²) in [5, 5.41) is 9.66. The van der Waals surface area contributed by atoms with E-state index in [1.165, 1.54) is 71.1 Å². The zero-order valence-electron chi connectivity index (χ0n) is 31.3. The number of benzene rings is 9. The molecular weight excluding hydrogens is 707 g/mol. The monoisotopic (exact) mass is 739 g/mol. The Bertz CT molecular complexity index is 3750. The van der Waals surface area contributed by atoms with Gasteiger partial charge in [-0.1, -0.05) is 115 Å². The number of furan rings is 1. The Kier molecular flexibility index (Phi) is 6.41. The first kappa shape index (κ1) is 31.4. The molecule has 0 saturated heterocycles. The highest BCUT2D eigenvalue weighted by atomic mass is 16.3. The van der Waals surface area contributed by atoms with Gasteiger partial charge in [-0.25, -0.2) is 0 Å². The number of para-hydroxylation sites is 5. The van der Waals surface area contributed by atoms with Crippen molar-refractivity contribution < 1.29 is 4.42 Å². The van der Waals surface area contributed by atoms with E-state index in [2.05, 4.69) is 214 Å². The van der Waals surface area contributed by atoms with Gasteiger partial charge >= 0.3 is 0 Å². The van der Waals surface area contributed by atoms with Crippen LogP contribution in [0, 0.1) is 0 Å². The molecule has 13 rings (SSSR count). The van der Waals surface area contributed by atoms with Gasteiger partial charge in [-0.2, -0.15) is 0 Å². The normalized spacial score (nSPS) is 12.1. The van der Waals surface area contributed by atoms with E-state index in [1.54, 1.807) is 0 Å². The van der Waals surface area contributed by atoms with Crippen LogP contribution >= 0.6 is 0 Å². The second kappa shape index (κ2) is 11.8. The number of fused-ring (bicyclic) bond motifs is 12. The third-order valence-electron chi connectivity index (χ3n) is 12.2. The number of hydrogen-bond donors (Lipinski definition) is 0. The third kappa shape index (κ3) is 4.29. The summed E-state index contributed by atoms with van der Waals surface area (Å²) >= 11 is 0. The van der Waals surface area contributed by atoms with Crippen molar-refractivity contribution in [1.82, 2.24) is 13.7 Å². The Balaban J connectivity index is 1.01. The highest BCUT2D eigenvalue weighted by Crippen LogP contribution is 2.43. The zero-order chi connectivity index (χ0) is 37.9. The largest absolute Gasteiger partial charge is 0.456 e. The quantitative estimate of drug-likeness (QED) is 0.177. The Hall–Kier alpha value is -7.82. The first-order chi connectivity index (χ1) is 28.8. The van der Waals surface area contributed by atoms with Gasteiger partial charge in [0, 0.05) is 60.5 Å². The van der Waals surface area contributed by atoms with Crippen molar-refractivity contribution in [2.24, 2.45) is 0 Å². The predicted octanol–water partition coefficient (Wildman–Crippen LogP) is 14.5. The molecule has 0 atom stereocenters. The summed E-state index contributed by atoms with van der Waals surface area (Å²) in [6, 6.07) is 72.3. The van der Waals surface area contributed by atoms with Gasteiger partial charge < -0.3 is 18.1 Å². The van der Waals surface area contributed by atoms with E-state index in [1.807, 2.05) is 0 Å². The van der Waals surface area contributed by atoms with Gasteiger partial charge in [-0.3, -0.25) is 0 Å². The Morgan fingerprint density at radius 1 is 0.293 bits per heavy atom. The molecule has 9 aromatic carbocycles. The molecule has 0 aliphatic rings.